The Labute approximate surface area is 228 Å². The summed E-state index contributed by atoms with van der Waals surface area (Å²) in [5, 5.41) is 14.5. The number of rotatable bonds is 10. The molecule has 210 valence electrons. The minimum Gasteiger partial charge on any atom is -0.494 e. The number of benzene rings is 1. The number of pyridine rings is 1. The quantitative estimate of drug-likeness (QED) is 0.294. The summed E-state index contributed by atoms with van der Waals surface area (Å²) < 4.78 is 47.2. The number of aliphatic hydroxyl groups excluding tert-OH is 1. The van der Waals surface area contributed by atoms with Gasteiger partial charge in [-0.1, -0.05) is 12.1 Å². The number of hydrogen-bond donors (Lipinski definition) is 2. The summed E-state index contributed by atoms with van der Waals surface area (Å²) in [6.07, 6.45) is 3.40. The van der Waals surface area contributed by atoms with E-state index in [0.717, 1.165) is 12.7 Å². The normalized spacial score (nSPS) is 11.7. The molecule has 0 aliphatic heterocycles. The highest BCUT2D eigenvalue weighted by atomic mass is 32.2. The molecule has 0 spiro atoms. The van der Waals surface area contributed by atoms with Crippen LogP contribution in [-0.2, 0) is 16.4 Å². The largest absolute Gasteiger partial charge is 0.494 e. The average Bonchev–Trinajstić information content (AvgIpc) is 3.36. The zero-order valence-electron chi connectivity index (χ0n) is 22.5. The number of methoxy groups -OCH3 is 3. The molecule has 3 aromatic heterocycles. The standard InChI is InChI=1S/C24H27N7O5S.CH4O.H2/c1-15-13-25-20(26-14-15)12-16(2)37(32,33)30-24-29-28-23(17-8-6-11-21(27-17)36-5)31(24)22-18(34-3)9-7-10-19(22)35-4;1-2;/h6-11,13-14,16H,12H2,1-5H3,(H,29,30);2H,1H3;1H/t16-;;/m1../s1. The molecule has 3 heterocycles. The second kappa shape index (κ2) is 13.0. The minimum absolute atomic E-state index is 0. The summed E-state index contributed by atoms with van der Waals surface area (Å²) >= 11 is 0. The molecule has 0 unspecified atom stereocenters. The van der Waals surface area contributed by atoms with Crippen LogP contribution in [0.2, 0.25) is 0 Å². The summed E-state index contributed by atoms with van der Waals surface area (Å²) in [6, 6.07) is 10.3. The Morgan fingerprint density at radius 3 is 2.18 bits per heavy atom. The molecule has 0 radical (unpaired) electrons. The number of para-hydroxylation sites is 1. The van der Waals surface area contributed by atoms with Crippen molar-refractivity contribution in [3.05, 3.63) is 60.2 Å². The lowest BCUT2D eigenvalue weighted by Crippen LogP contribution is -2.29. The molecule has 0 amide bonds. The molecule has 0 saturated carbocycles. The monoisotopic (exact) mass is 559 g/mol. The average molecular weight is 560 g/mol. The van der Waals surface area contributed by atoms with Crippen LogP contribution in [-0.4, -0.2) is 76.9 Å². The number of ether oxygens (including phenoxy) is 3. The predicted molar refractivity (Wildman–Crippen MR) is 147 cm³/mol. The first-order chi connectivity index (χ1) is 18.8. The fraction of sp³-hybridized carbons (Fsp3) is 0.320. The van der Waals surface area contributed by atoms with Gasteiger partial charge in [0.25, 0.3) is 0 Å². The van der Waals surface area contributed by atoms with E-state index in [0.29, 0.717) is 34.6 Å². The Hall–Kier alpha value is -4.30. The summed E-state index contributed by atoms with van der Waals surface area (Å²) in [4.78, 5) is 12.9. The Morgan fingerprint density at radius 1 is 0.974 bits per heavy atom. The molecule has 4 rings (SSSR count). The molecule has 0 fully saturated rings. The molecule has 0 aliphatic rings. The van der Waals surface area contributed by atoms with Crippen molar-refractivity contribution in [2.75, 3.05) is 33.2 Å². The van der Waals surface area contributed by atoms with Gasteiger partial charge in [-0.2, -0.15) is 0 Å². The number of hydrogen-bond acceptors (Lipinski definition) is 11. The van der Waals surface area contributed by atoms with E-state index in [9.17, 15) is 8.42 Å². The Bertz CT molecular complexity index is 1480. The lowest BCUT2D eigenvalue weighted by molar-refractivity contribution is 0.391. The molecule has 0 saturated heterocycles. The third-order valence-corrected chi connectivity index (χ3v) is 7.21. The molecule has 4 aromatic rings. The van der Waals surface area contributed by atoms with Gasteiger partial charge in [0.1, 0.15) is 28.7 Å². The van der Waals surface area contributed by atoms with Crippen LogP contribution >= 0.6 is 0 Å². The van der Waals surface area contributed by atoms with Crippen molar-refractivity contribution >= 4 is 16.0 Å². The summed E-state index contributed by atoms with van der Waals surface area (Å²) in [7, 11) is 1.54. The van der Waals surface area contributed by atoms with Crippen molar-refractivity contribution in [3.63, 3.8) is 0 Å². The maximum absolute atomic E-state index is 13.4. The van der Waals surface area contributed by atoms with E-state index in [-0.39, 0.29) is 19.6 Å². The van der Waals surface area contributed by atoms with E-state index in [1.807, 2.05) is 6.92 Å². The van der Waals surface area contributed by atoms with Crippen LogP contribution in [0.25, 0.3) is 17.2 Å². The Kier molecular flexibility index (Phi) is 9.73. The van der Waals surface area contributed by atoms with Gasteiger partial charge in [-0.3, -0.25) is 9.29 Å². The van der Waals surface area contributed by atoms with Gasteiger partial charge in [-0.25, -0.2) is 23.4 Å². The minimum atomic E-state index is -3.95. The van der Waals surface area contributed by atoms with E-state index in [1.54, 1.807) is 55.7 Å². The number of nitrogens with one attached hydrogen (secondary N) is 1. The lowest BCUT2D eigenvalue weighted by atomic mass is 10.2. The maximum Gasteiger partial charge on any atom is 0.243 e. The van der Waals surface area contributed by atoms with E-state index < -0.39 is 15.3 Å². The highest BCUT2D eigenvalue weighted by Gasteiger charge is 2.29. The fourth-order valence-electron chi connectivity index (χ4n) is 3.55. The van der Waals surface area contributed by atoms with Crippen molar-refractivity contribution in [3.8, 4) is 34.6 Å². The summed E-state index contributed by atoms with van der Waals surface area (Å²) in [5.41, 5.74) is 1.67. The van der Waals surface area contributed by atoms with Crippen LogP contribution in [0.15, 0.2) is 48.8 Å². The smallest absolute Gasteiger partial charge is 0.243 e. The Balaban J connectivity index is 0.00000183. The molecule has 1 aromatic carbocycles. The molecule has 0 aliphatic carbocycles. The van der Waals surface area contributed by atoms with Crippen LogP contribution in [0.3, 0.4) is 0 Å². The van der Waals surface area contributed by atoms with E-state index in [4.69, 9.17) is 19.3 Å². The number of sulfonamides is 1. The zero-order valence-corrected chi connectivity index (χ0v) is 23.3. The summed E-state index contributed by atoms with van der Waals surface area (Å²) in [6.45, 7) is 3.43. The number of nitrogens with zero attached hydrogens (tertiary/aromatic N) is 6. The topological polar surface area (TPSA) is 163 Å². The van der Waals surface area contributed by atoms with Crippen molar-refractivity contribution in [2.45, 2.75) is 25.5 Å². The van der Waals surface area contributed by atoms with Gasteiger partial charge >= 0.3 is 0 Å². The van der Waals surface area contributed by atoms with Crippen LogP contribution in [0.5, 0.6) is 17.4 Å². The van der Waals surface area contributed by atoms with Crippen LogP contribution in [0, 0.1) is 6.92 Å². The molecule has 14 heteroatoms. The SMILES string of the molecule is CO.COc1cccc(-c2nnc(NS(=O)(=O)[C@H](C)Cc3ncc(C)cn3)n2-c2c(OC)cccc2OC)n1.[HH]. The van der Waals surface area contributed by atoms with Crippen LogP contribution in [0.1, 0.15) is 19.7 Å². The Morgan fingerprint density at radius 2 is 1.59 bits per heavy atom. The molecular formula is C25H33N7O6S. The van der Waals surface area contributed by atoms with Gasteiger partial charge in [0.2, 0.25) is 21.9 Å². The number of anilines is 1. The van der Waals surface area contributed by atoms with Gasteiger partial charge in [0.05, 0.1) is 26.6 Å². The van der Waals surface area contributed by atoms with E-state index in [1.165, 1.54) is 25.9 Å². The van der Waals surface area contributed by atoms with Gasteiger partial charge in [0.15, 0.2) is 5.82 Å². The highest BCUT2D eigenvalue weighted by Crippen LogP contribution is 2.37. The fourth-order valence-corrected chi connectivity index (χ4v) is 4.51. The third kappa shape index (κ3) is 6.59. The zero-order chi connectivity index (χ0) is 28.6. The van der Waals surface area contributed by atoms with Crippen molar-refractivity contribution in [2.24, 2.45) is 0 Å². The third-order valence-electron chi connectivity index (χ3n) is 5.52. The molecular weight excluding hydrogens is 526 g/mol. The van der Waals surface area contributed by atoms with Crippen molar-refractivity contribution < 1.29 is 29.2 Å². The molecule has 2 N–H and O–H groups in total. The van der Waals surface area contributed by atoms with Gasteiger partial charge in [0, 0.05) is 33.4 Å². The number of aryl methyl sites for hydroxylation is 1. The van der Waals surface area contributed by atoms with Gasteiger partial charge in [-0.05, 0) is 37.6 Å². The second-order valence-corrected chi connectivity index (χ2v) is 10.2. The molecule has 1 atom stereocenters. The molecule has 13 nitrogen and oxygen atoms in total. The van der Waals surface area contributed by atoms with E-state index >= 15 is 0 Å². The first-order valence-corrected chi connectivity index (χ1v) is 13.2. The second-order valence-electron chi connectivity index (χ2n) is 8.10. The lowest BCUT2D eigenvalue weighted by Gasteiger charge is -2.19. The number of aromatic nitrogens is 6. The molecule has 0 bridgehead atoms. The van der Waals surface area contributed by atoms with Gasteiger partial charge < -0.3 is 19.3 Å². The van der Waals surface area contributed by atoms with Crippen LogP contribution < -0.4 is 18.9 Å². The summed E-state index contributed by atoms with van der Waals surface area (Å²) in [5.74, 6) is 1.76. The first kappa shape index (κ1) is 29.3. The van der Waals surface area contributed by atoms with E-state index in [2.05, 4.69) is 29.9 Å². The van der Waals surface area contributed by atoms with Crippen molar-refractivity contribution in [1.29, 1.82) is 0 Å². The predicted octanol–water partition coefficient (Wildman–Crippen LogP) is 2.68. The van der Waals surface area contributed by atoms with Gasteiger partial charge in [-0.15, -0.1) is 10.2 Å². The highest BCUT2D eigenvalue weighted by molar-refractivity contribution is 7.93. The van der Waals surface area contributed by atoms with Crippen molar-refractivity contribution in [1.82, 2.24) is 29.7 Å². The molecule has 39 heavy (non-hydrogen) atoms. The number of aliphatic hydroxyl groups is 1. The first-order valence-electron chi connectivity index (χ1n) is 11.7. The van der Waals surface area contributed by atoms with Crippen LogP contribution in [0.4, 0.5) is 5.95 Å². The maximum atomic E-state index is 13.4.